The van der Waals surface area contributed by atoms with Crippen molar-refractivity contribution in [3.8, 4) is 0 Å². The Balaban J connectivity index is 2.02. The van der Waals surface area contributed by atoms with Gasteiger partial charge in [0.2, 0.25) is 0 Å². The molecule has 98 valence electrons. The lowest BCUT2D eigenvalue weighted by atomic mass is 10.2. The molecule has 2 rings (SSSR count). The number of nitrogens with one attached hydrogen (secondary N) is 1. The number of nitrogens with zero attached hydrogens (tertiary/aromatic N) is 2. The van der Waals surface area contributed by atoms with Crippen LogP contribution < -0.4 is 16.8 Å². The number of hydrogen-bond acceptors (Lipinski definition) is 5. The van der Waals surface area contributed by atoms with Gasteiger partial charge in [0, 0.05) is 18.9 Å². The van der Waals surface area contributed by atoms with E-state index in [4.69, 9.17) is 11.5 Å². The fraction of sp³-hybridized carbons (Fsp3) is 0.154. The van der Waals surface area contributed by atoms with E-state index in [1.807, 2.05) is 12.1 Å². The highest BCUT2D eigenvalue weighted by molar-refractivity contribution is 5.98. The highest BCUT2D eigenvalue weighted by atomic mass is 16.1. The number of hydrogen-bond donors (Lipinski definition) is 3. The first kappa shape index (κ1) is 12.8. The predicted molar refractivity (Wildman–Crippen MR) is 73.6 cm³/mol. The molecule has 2 aromatic heterocycles. The van der Waals surface area contributed by atoms with E-state index < -0.39 is 5.91 Å². The van der Waals surface area contributed by atoms with E-state index in [1.165, 1.54) is 12.3 Å². The largest absolute Gasteiger partial charge is 0.397 e. The second-order valence-electron chi connectivity index (χ2n) is 4.07. The third-order valence-corrected chi connectivity index (χ3v) is 2.60. The van der Waals surface area contributed by atoms with Crippen molar-refractivity contribution in [2.45, 2.75) is 6.42 Å². The Labute approximate surface area is 110 Å². The molecular formula is C13H15N5O. The summed E-state index contributed by atoms with van der Waals surface area (Å²) in [5, 5.41) is 3.08. The smallest absolute Gasteiger partial charge is 0.252 e. The average Bonchev–Trinajstić information content (AvgIpc) is 2.41. The summed E-state index contributed by atoms with van der Waals surface area (Å²) in [5.74, 6) is -0.103. The minimum atomic E-state index is -0.552. The molecule has 6 nitrogen and oxygen atoms in total. The van der Waals surface area contributed by atoms with Crippen molar-refractivity contribution in [1.82, 2.24) is 9.97 Å². The molecule has 19 heavy (non-hydrogen) atoms. The molecule has 5 N–H and O–H groups in total. The van der Waals surface area contributed by atoms with Gasteiger partial charge in [0.25, 0.3) is 5.91 Å². The molecule has 0 radical (unpaired) electrons. The number of nitrogen functional groups attached to an aromatic ring is 1. The fourth-order valence-electron chi connectivity index (χ4n) is 1.68. The van der Waals surface area contributed by atoms with Crippen LogP contribution in [0.4, 0.5) is 11.5 Å². The second kappa shape index (κ2) is 5.81. The Kier molecular flexibility index (Phi) is 3.92. The summed E-state index contributed by atoms with van der Waals surface area (Å²) < 4.78 is 0. The van der Waals surface area contributed by atoms with Crippen LogP contribution in [0.25, 0.3) is 0 Å². The Morgan fingerprint density at radius 2 is 2.21 bits per heavy atom. The first-order valence-electron chi connectivity index (χ1n) is 5.85. The standard InChI is InChI=1S/C13H15N5O/c14-10-6-11(12(15)19)13(18-8-10)17-5-3-9-2-1-4-16-7-9/h1-2,4,6-8H,3,5,14H2,(H2,15,19)(H,17,18). The number of primary amides is 1. The molecule has 2 heterocycles. The Morgan fingerprint density at radius 3 is 2.89 bits per heavy atom. The summed E-state index contributed by atoms with van der Waals surface area (Å²) in [5.41, 5.74) is 12.7. The van der Waals surface area contributed by atoms with E-state index in [0.717, 1.165) is 12.0 Å². The molecule has 1 amide bonds. The van der Waals surface area contributed by atoms with E-state index in [1.54, 1.807) is 12.4 Å². The minimum absolute atomic E-state index is 0.297. The van der Waals surface area contributed by atoms with Gasteiger partial charge in [-0.25, -0.2) is 4.98 Å². The first-order valence-corrected chi connectivity index (χ1v) is 5.85. The topological polar surface area (TPSA) is 107 Å². The number of carbonyl (C=O) groups is 1. The van der Waals surface area contributed by atoms with Crippen LogP contribution in [-0.4, -0.2) is 22.4 Å². The summed E-state index contributed by atoms with van der Waals surface area (Å²) >= 11 is 0. The predicted octanol–water partition coefficient (Wildman–Crippen LogP) is 0.812. The van der Waals surface area contributed by atoms with Crippen LogP contribution in [0.1, 0.15) is 15.9 Å². The maximum absolute atomic E-state index is 11.3. The van der Waals surface area contributed by atoms with Gasteiger partial charge in [-0.05, 0) is 24.1 Å². The fourth-order valence-corrected chi connectivity index (χ4v) is 1.68. The van der Waals surface area contributed by atoms with E-state index in [0.29, 0.717) is 23.6 Å². The SMILES string of the molecule is NC(=O)c1cc(N)cnc1NCCc1cccnc1. The lowest BCUT2D eigenvalue weighted by Crippen LogP contribution is -2.17. The van der Waals surface area contributed by atoms with Crippen LogP contribution in [0.5, 0.6) is 0 Å². The van der Waals surface area contributed by atoms with Crippen LogP contribution in [0, 0.1) is 0 Å². The van der Waals surface area contributed by atoms with Crippen LogP contribution in [0.15, 0.2) is 36.8 Å². The van der Waals surface area contributed by atoms with Gasteiger partial charge in [0.1, 0.15) is 5.82 Å². The number of pyridine rings is 2. The molecule has 0 aliphatic rings. The minimum Gasteiger partial charge on any atom is -0.397 e. The van der Waals surface area contributed by atoms with E-state index >= 15 is 0 Å². The second-order valence-corrected chi connectivity index (χ2v) is 4.07. The zero-order valence-electron chi connectivity index (χ0n) is 10.3. The van der Waals surface area contributed by atoms with Crippen LogP contribution >= 0.6 is 0 Å². The van der Waals surface area contributed by atoms with Gasteiger partial charge in [0.05, 0.1) is 17.4 Å². The van der Waals surface area contributed by atoms with E-state index in [2.05, 4.69) is 15.3 Å². The number of rotatable bonds is 5. The van der Waals surface area contributed by atoms with Crippen molar-refractivity contribution in [2.75, 3.05) is 17.6 Å². The molecule has 0 spiro atoms. The van der Waals surface area contributed by atoms with Crippen molar-refractivity contribution in [2.24, 2.45) is 5.73 Å². The molecule has 0 aromatic carbocycles. The summed E-state index contributed by atoms with van der Waals surface area (Å²) in [4.78, 5) is 19.4. The molecule has 0 aliphatic carbocycles. The van der Waals surface area contributed by atoms with Gasteiger partial charge in [-0.3, -0.25) is 9.78 Å². The van der Waals surface area contributed by atoms with Gasteiger partial charge in [-0.2, -0.15) is 0 Å². The van der Waals surface area contributed by atoms with Crippen LogP contribution in [-0.2, 0) is 6.42 Å². The first-order chi connectivity index (χ1) is 9.16. The molecule has 0 bridgehead atoms. The molecule has 0 atom stereocenters. The van der Waals surface area contributed by atoms with Crippen LogP contribution in [0.2, 0.25) is 0 Å². The van der Waals surface area contributed by atoms with Crippen molar-refractivity contribution in [3.63, 3.8) is 0 Å². The maximum Gasteiger partial charge on any atom is 0.252 e. The molecule has 0 unspecified atom stereocenters. The lowest BCUT2D eigenvalue weighted by Gasteiger charge is -2.09. The molecule has 0 saturated carbocycles. The molecule has 2 aromatic rings. The Bertz CT molecular complexity index is 571. The summed E-state index contributed by atoms with van der Waals surface area (Å²) in [7, 11) is 0. The number of carbonyl (C=O) groups excluding carboxylic acids is 1. The Hall–Kier alpha value is -2.63. The van der Waals surface area contributed by atoms with E-state index in [-0.39, 0.29) is 0 Å². The average molecular weight is 257 g/mol. The van der Waals surface area contributed by atoms with Crippen molar-refractivity contribution in [1.29, 1.82) is 0 Å². The molecule has 6 heteroatoms. The zero-order chi connectivity index (χ0) is 13.7. The van der Waals surface area contributed by atoms with Gasteiger partial charge in [-0.15, -0.1) is 0 Å². The van der Waals surface area contributed by atoms with Crippen molar-refractivity contribution in [3.05, 3.63) is 47.9 Å². The highest BCUT2D eigenvalue weighted by Crippen LogP contribution is 2.14. The lowest BCUT2D eigenvalue weighted by molar-refractivity contribution is 0.100. The van der Waals surface area contributed by atoms with Crippen LogP contribution in [0.3, 0.4) is 0 Å². The third kappa shape index (κ3) is 3.41. The molecule has 0 fully saturated rings. The van der Waals surface area contributed by atoms with Gasteiger partial charge >= 0.3 is 0 Å². The normalized spacial score (nSPS) is 10.1. The highest BCUT2D eigenvalue weighted by Gasteiger charge is 2.09. The molecule has 0 aliphatic heterocycles. The summed E-state index contributed by atoms with van der Waals surface area (Å²) in [6.45, 7) is 0.628. The summed E-state index contributed by atoms with van der Waals surface area (Å²) in [6, 6.07) is 5.38. The van der Waals surface area contributed by atoms with Gasteiger partial charge in [-0.1, -0.05) is 6.07 Å². The zero-order valence-corrected chi connectivity index (χ0v) is 10.3. The molecule has 0 saturated heterocycles. The number of anilines is 2. The number of aromatic nitrogens is 2. The number of amides is 1. The third-order valence-electron chi connectivity index (χ3n) is 2.60. The summed E-state index contributed by atoms with van der Waals surface area (Å²) in [6.07, 6.45) is 5.79. The Morgan fingerprint density at radius 1 is 1.37 bits per heavy atom. The maximum atomic E-state index is 11.3. The van der Waals surface area contributed by atoms with E-state index in [9.17, 15) is 4.79 Å². The van der Waals surface area contributed by atoms with Gasteiger partial charge < -0.3 is 16.8 Å². The van der Waals surface area contributed by atoms with Crippen molar-refractivity contribution < 1.29 is 4.79 Å². The number of nitrogens with two attached hydrogens (primary N) is 2. The van der Waals surface area contributed by atoms with Gasteiger partial charge in [0.15, 0.2) is 0 Å². The monoisotopic (exact) mass is 257 g/mol. The van der Waals surface area contributed by atoms with Crippen molar-refractivity contribution >= 4 is 17.4 Å². The molecular weight excluding hydrogens is 242 g/mol. The quantitative estimate of drug-likeness (QED) is 0.734.